The third kappa shape index (κ3) is 5.38. The van der Waals surface area contributed by atoms with Crippen molar-refractivity contribution in [1.82, 2.24) is 15.1 Å². The lowest BCUT2D eigenvalue weighted by Gasteiger charge is -2.28. The molecule has 2 aliphatic heterocycles. The Balaban J connectivity index is 0.00000208. The molecule has 134 valence electrons. The predicted molar refractivity (Wildman–Crippen MR) is 104 cm³/mol. The number of amides is 1. The Morgan fingerprint density at radius 3 is 2.88 bits per heavy atom. The Bertz CT molecular complexity index is 510. The quantitative estimate of drug-likeness (QED) is 0.863. The summed E-state index contributed by atoms with van der Waals surface area (Å²) in [5.74, 6) is 2.51. The lowest BCUT2D eigenvalue weighted by atomic mass is 10.1. The highest BCUT2D eigenvalue weighted by Crippen LogP contribution is 2.19. The number of rotatable bonds is 5. The van der Waals surface area contributed by atoms with Gasteiger partial charge in [0.25, 0.3) is 0 Å². The number of likely N-dealkylation sites (N-methyl/N-ethyl adjacent to an activating group) is 1. The number of thioether (sulfide) groups is 1. The standard InChI is InChI=1S/C18H27N3OS.ClH/c1-20(18(22)11-16-14-23-10-8-19-16)17-7-9-21(13-17)12-15-5-3-2-4-6-15;/h2-6,16-17,19H,7-14H2,1H3;1H. The van der Waals surface area contributed by atoms with Gasteiger partial charge in [-0.3, -0.25) is 9.69 Å². The van der Waals surface area contributed by atoms with Crippen molar-refractivity contribution in [2.24, 2.45) is 0 Å². The minimum absolute atomic E-state index is 0. The van der Waals surface area contributed by atoms with Crippen LogP contribution in [0.3, 0.4) is 0 Å². The molecule has 1 aromatic carbocycles. The fraction of sp³-hybridized carbons (Fsp3) is 0.611. The van der Waals surface area contributed by atoms with Gasteiger partial charge in [-0.05, 0) is 12.0 Å². The molecule has 1 aromatic rings. The molecule has 24 heavy (non-hydrogen) atoms. The second-order valence-electron chi connectivity index (χ2n) is 6.60. The Hall–Kier alpha value is -0.750. The summed E-state index contributed by atoms with van der Waals surface area (Å²) < 4.78 is 0. The zero-order valence-electron chi connectivity index (χ0n) is 14.3. The highest BCUT2D eigenvalue weighted by Gasteiger charge is 2.29. The van der Waals surface area contributed by atoms with E-state index in [0.717, 1.165) is 44.1 Å². The second-order valence-corrected chi connectivity index (χ2v) is 7.75. The van der Waals surface area contributed by atoms with Crippen molar-refractivity contribution in [2.75, 3.05) is 38.2 Å². The molecule has 4 nitrogen and oxygen atoms in total. The highest BCUT2D eigenvalue weighted by atomic mass is 35.5. The largest absolute Gasteiger partial charge is 0.341 e. The van der Waals surface area contributed by atoms with E-state index in [1.807, 2.05) is 23.7 Å². The maximum Gasteiger partial charge on any atom is 0.224 e. The van der Waals surface area contributed by atoms with Crippen LogP contribution in [0.25, 0.3) is 0 Å². The normalized spacial score (nSPS) is 24.4. The first-order chi connectivity index (χ1) is 11.2. The van der Waals surface area contributed by atoms with E-state index in [0.29, 0.717) is 18.5 Å². The van der Waals surface area contributed by atoms with Crippen molar-refractivity contribution in [3.8, 4) is 0 Å². The van der Waals surface area contributed by atoms with E-state index in [1.165, 1.54) is 5.56 Å². The SMILES string of the molecule is CN(C(=O)CC1CSCCN1)C1CCN(Cc2ccccc2)C1.Cl. The minimum atomic E-state index is 0. The van der Waals surface area contributed by atoms with Gasteiger partial charge in [-0.2, -0.15) is 11.8 Å². The molecule has 0 radical (unpaired) electrons. The maximum absolute atomic E-state index is 12.5. The minimum Gasteiger partial charge on any atom is -0.341 e. The molecule has 1 N–H and O–H groups in total. The van der Waals surface area contributed by atoms with Gasteiger partial charge >= 0.3 is 0 Å². The van der Waals surface area contributed by atoms with Crippen molar-refractivity contribution in [3.05, 3.63) is 35.9 Å². The molecule has 2 fully saturated rings. The fourth-order valence-corrected chi connectivity index (χ4v) is 4.37. The molecule has 6 heteroatoms. The number of hydrogen-bond acceptors (Lipinski definition) is 4. The van der Waals surface area contributed by atoms with Crippen LogP contribution >= 0.6 is 24.2 Å². The van der Waals surface area contributed by atoms with Gasteiger partial charge in [0.2, 0.25) is 5.91 Å². The van der Waals surface area contributed by atoms with Crippen LogP contribution in [-0.2, 0) is 11.3 Å². The molecular formula is C18H28ClN3OS. The average molecular weight is 370 g/mol. The number of hydrogen-bond donors (Lipinski definition) is 1. The van der Waals surface area contributed by atoms with Crippen LogP contribution in [0.5, 0.6) is 0 Å². The molecule has 0 bridgehead atoms. The third-order valence-electron chi connectivity index (χ3n) is 4.86. The zero-order valence-corrected chi connectivity index (χ0v) is 16.0. The van der Waals surface area contributed by atoms with Gasteiger partial charge in [0.1, 0.15) is 0 Å². The molecule has 2 heterocycles. The summed E-state index contributed by atoms with van der Waals surface area (Å²) in [6.07, 6.45) is 1.72. The number of likely N-dealkylation sites (tertiary alicyclic amines) is 1. The summed E-state index contributed by atoms with van der Waals surface area (Å²) in [4.78, 5) is 17.0. The number of halogens is 1. The smallest absolute Gasteiger partial charge is 0.224 e. The summed E-state index contributed by atoms with van der Waals surface area (Å²) >= 11 is 1.95. The molecule has 2 saturated heterocycles. The lowest BCUT2D eigenvalue weighted by molar-refractivity contribution is -0.132. The van der Waals surface area contributed by atoms with Crippen molar-refractivity contribution in [2.45, 2.75) is 31.5 Å². The van der Waals surface area contributed by atoms with E-state index < -0.39 is 0 Å². The molecule has 2 aliphatic rings. The van der Waals surface area contributed by atoms with Gasteiger partial charge in [-0.1, -0.05) is 30.3 Å². The first-order valence-corrected chi connectivity index (χ1v) is 9.71. The van der Waals surface area contributed by atoms with Crippen molar-refractivity contribution >= 4 is 30.1 Å². The summed E-state index contributed by atoms with van der Waals surface area (Å²) in [5, 5.41) is 3.46. The van der Waals surface area contributed by atoms with Crippen molar-refractivity contribution in [1.29, 1.82) is 0 Å². The van der Waals surface area contributed by atoms with Gasteiger partial charge in [0, 0.05) is 63.2 Å². The Morgan fingerprint density at radius 2 is 2.17 bits per heavy atom. The van der Waals surface area contributed by atoms with Crippen molar-refractivity contribution < 1.29 is 4.79 Å². The van der Waals surface area contributed by atoms with Crippen LogP contribution in [0.2, 0.25) is 0 Å². The summed E-state index contributed by atoms with van der Waals surface area (Å²) in [5.41, 5.74) is 1.35. The number of carbonyl (C=O) groups is 1. The molecule has 2 atom stereocenters. The van der Waals surface area contributed by atoms with Gasteiger partial charge in [0.05, 0.1) is 0 Å². The van der Waals surface area contributed by atoms with Gasteiger partial charge in [-0.25, -0.2) is 0 Å². The predicted octanol–water partition coefficient (Wildman–Crippen LogP) is 2.24. The Morgan fingerprint density at radius 1 is 1.38 bits per heavy atom. The Labute approximate surface area is 155 Å². The summed E-state index contributed by atoms with van der Waals surface area (Å²) in [7, 11) is 1.98. The van der Waals surface area contributed by atoms with Gasteiger partial charge < -0.3 is 10.2 Å². The molecule has 0 saturated carbocycles. The molecule has 0 aromatic heterocycles. The van der Waals surface area contributed by atoms with E-state index >= 15 is 0 Å². The second kappa shape index (κ2) is 9.66. The van der Waals surface area contributed by atoms with Crippen LogP contribution in [0.15, 0.2) is 30.3 Å². The fourth-order valence-electron chi connectivity index (χ4n) is 3.42. The molecule has 1 amide bonds. The van der Waals surface area contributed by atoms with Gasteiger partial charge in [0.15, 0.2) is 0 Å². The number of carbonyl (C=O) groups excluding carboxylic acids is 1. The van der Waals surface area contributed by atoms with E-state index in [4.69, 9.17) is 0 Å². The molecule has 3 rings (SSSR count). The van der Waals surface area contributed by atoms with Gasteiger partial charge in [-0.15, -0.1) is 12.4 Å². The maximum atomic E-state index is 12.5. The van der Waals surface area contributed by atoms with E-state index in [9.17, 15) is 4.79 Å². The van der Waals surface area contributed by atoms with Crippen LogP contribution < -0.4 is 5.32 Å². The highest BCUT2D eigenvalue weighted by molar-refractivity contribution is 7.99. The van der Waals surface area contributed by atoms with E-state index in [1.54, 1.807) is 0 Å². The monoisotopic (exact) mass is 369 g/mol. The van der Waals surface area contributed by atoms with E-state index in [-0.39, 0.29) is 18.3 Å². The molecular weight excluding hydrogens is 342 g/mol. The summed E-state index contributed by atoms with van der Waals surface area (Å²) in [6.45, 7) is 4.08. The molecule has 0 aliphatic carbocycles. The van der Waals surface area contributed by atoms with Crippen LogP contribution in [0, 0.1) is 0 Å². The van der Waals surface area contributed by atoms with Crippen LogP contribution in [0.1, 0.15) is 18.4 Å². The van der Waals surface area contributed by atoms with Crippen molar-refractivity contribution in [3.63, 3.8) is 0 Å². The topological polar surface area (TPSA) is 35.6 Å². The lowest BCUT2D eigenvalue weighted by Crippen LogP contribution is -2.45. The molecule has 0 spiro atoms. The van der Waals surface area contributed by atoms with Crippen LogP contribution in [0.4, 0.5) is 0 Å². The third-order valence-corrected chi connectivity index (χ3v) is 5.99. The van der Waals surface area contributed by atoms with Crippen LogP contribution in [-0.4, -0.2) is 66.0 Å². The first kappa shape index (κ1) is 19.6. The average Bonchev–Trinajstić information content (AvgIpc) is 3.04. The zero-order chi connectivity index (χ0) is 16.1. The first-order valence-electron chi connectivity index (χ1n) is 8.55. The number of benzene rings is 1. The number of nitrogens with one attached hydrogen (secondary N) is 1. The Kier molecular flexibility index (Phi) is 7.88. The number of nitrogens with zero attached hydrogens (tertiary/aromatic N) is 2. The molecule has 2 unspecified atom stereocenters. The summed E-state index contributed by atoms with van der Waals surface area (Å²) in [6, 6.07) is 11.3. The van der Waals surface area contributed by atoms with E-state index in [2.05, 4.69) is 40.5 Å².